The first-order chi connectivity index (χ1) is 10.0. The lowest BCUT2D eigenvalue weighted by molar-refractivity contribution is -0.114. The van der Waals surface area contributed by atoms with E-state index in [-0.39, 0.29) is 5.91 Å². The van der Waals surface area contributed by atoms with E-state index in [1.54, 1.807) is 0 Å². The Hall–Kier alpha value is -2.41. The number of thiazole rings is 1. The predicted molar refractivity (Wildman–Crippen MR) is 81.6 cm³/mol. The van der Waals surface area contributed by atoms with Crippen LogP contribution >= 0.6 is 11.3 Å². The van der Waals surface area contributed by atoms with Crippen molar-refractivity contribution in [3.63, 3.8) is 0 Å². The highest BCUT2D eigenvalue weighted by molar-refractivity contribution is 7.14. The molecule has 0 unspecified atom stereocenters. The van der Waals surface area contributed by atoms with Crippen LogP contribution in [-0.4, -0.2) is 28.6 Å². The molecule has 0 aliphatic rings. The van der Waals surface area contributed by atoms with E-state index >= 15 is 0 Å². The van der Waals surface area contributed by atoms with Gasteiger partial charge in [0, 0.05) is 24.4 Å². The highest BCUT2D eigenvalue weighted by Gasteiger charge is 2.05. The summed E-state index contributed by atoms with van der Waals surface area (Å²) in [6.07, 6.45) is -0.375. The van der Waals surface area contributed by atoms with Crippen LogP contribution in [0.3, 0.4) is 0 Å². The topological polar surface area (TPSA) is 91.3 Å². The molecule has 1 heterocycles. The normalized spacial score (nSPS) is 10.1. The standard InChI is InChI=1S/C14H15N3O3S/c1-9(18)16-13-17-12(8-21-13)11-4-2-10(3-5-11)6-7-15-14(19)20/h2-5,8,15H,6-7H2,1H3,(H,19,20)(H,16,17,18). The van der Waals surface area contributed by atoms with Gasteiger partial charge in [0.2, 0.25) is 5.91 Å². The van der Waals surface area contributed by atoms with Crippen molar-refractivity contribution in [3.8, 4) is 11.3 Å². The Morgan fingerprint density at radius 3 is 2.62 bits per heavy atom. The lowest BCUT2D eigenvalue weighted by Crippen LogP contribution is -2.23. The number of carbonyl (C=O) groups excluding carboxylic acids is 1. The lowest BCUT2D eigenvalue weighted by atomic mass is 10.1. The van der Waals surface area contributed by atoms with Gasteiger partial charge in [0.15, 0.2) is 5.13 Å². The number of nitrogens with zero attached hydrogens (tertiary/aromatic N) is 1. The van der Waals surface area contributed by atoms with Gasteiger partial charge in [-0.25, -0.2) is 9.78 Å². The third kappa shape index (κ3) is 4.57. The summed E-state index contributed by atoms with van der Waals surface area (Å²) in [5.74, 6) is -0.142. The molecule has 1 aromatic heterocycles. The lowest BCUT2D eigenvalue weighted by Gasteiger charge is -2.03. The molecule has 0 atom stereocenters. The highest BCUT2D eigenvalue weighted by Crippen LogP contribution is 2.25. The molecule has 0 fully saturated rings. The quantitative estimate of drug-likeness (QED) is 0.791. The molecular weight excluding hydrogens is 290 g/mol. The van der Waals surface area contributed by atoms with Crippen molar-refractivity contribution < 1.29 is 14.7 Å². The zero-order valence-corrected chi connectivity index (χ0v) is 12.2. The van der Waals surface area contributed by atoms with Crippen molar-refractivity contribution in [3.05, 3.63) is 35.2 Å². The Morgan fingerprint density at radius 1 is 1.29 bits per heavy atom. The van der Waals surface area contributed by atoms with Crippen LogP contribution in [0.4, 0.5) is 9.93 Å². The Morgan fingerprint density at radius 2 is 2.00 bits per heavy atom. The van der Waals surface area contributed by atoms with Gasteiger partial charge in [-0.05, 0) is 12.0 Å². The number of hydrogen-bond donors (Lipinski definition) is 3. The first kappa shape index (κ1) is 15.0. The molecule has 0 spiro atoms. The number of carboxylic acid groups (broad SMARTS) is 1. The molecule has 0 saturated heterocycles. The van der Waals surface area contributed by atoms with Crippen molar-refractivity contribution in [2.45, 2.75) is 13.3 Å². The maximum atomic E-state index is 11.0. The SMILES string of the molecule is CC(=O)Nc1nc(-c2ccc(CCNC(=O)O)cc2)cs1. The molecule has 2 amide bonds. The van der Waals surface area contributed by atoms with Crippen molar-refractivity contribution >= 4 is 28.5 Å². The van der Waals surface area contributed by atoms with Crippen molar-refractivity contribution in [1.29, 1.82) is 0 Å². The summed E-state index contributed by atoms with van der Waals surface area (Å²) in [6.45, 7) is 1.83. The van der Waals surface area contributed by atoms with Gasteiger partial charge in [0.1, 0.15) is 0 Å². The summed E-state index contributed by atoms with van der Waals surface area (Å²) in [6, 6.07) is 7.75. The number of benzene rings is 1. The minimum absolute atomic E-state index is 0.142. The van der Waals surface area contributed by atoms with Gasteiger partial charge in [-0.1, -0.05) is 24.3 Å². The van der Waals surface area contributed by atoms with Gasteiger partial charge >= 0.3 is 6.09 Å². The Balaban J connectivity index is 1.99. The second kappa shape index (κ2) is 6.85. The summed E-state index contributed by atoms with van der Waals surface area (Å²) in [7, 11) is 0. The molecule has 0 bridgehead atoms. The molecule has 0 aliphatic carbocycles. The number of hydrogen-bond acceptors (Lipinski definition) is 4. The van der Waals surface area contributed by atoms with Gasteiger partial charge in [0.05, 0.1) is 5.69 Å². The monoisotopic (exact) mass is 305 g/mol. The molecule has 21 heavy (non-hydrogen) atoms. The van der Waals surface area contributed by atoms with Crippen LogP contribution in [0.5, 0.6) is 0 Å². The smallest absolute Gasteiger partial charge is 0.404 e. The van der Waals surface area contributed by atoms with Gasteiger partial charge in [-0.3, -0.25) is 4.79 Å². The second-order valence-corrected chi connectivity index (χ2v) is 5.26. The van der Waals surface area contributed by atoms with Crippen LogP contribution in [0.2, 0.25) is 0 Å². The third-order valence-electron chi connectivity index (χ3n) is 2.73. The van der Waals surface area contributed by atoms with Crippen LogP contribution in [0, 0.1) is 0 Å². The van der Waals surface area contributed by atoms with E-state index in [2.05, 4.69) is 15.6 Å². The minimum Gasteiger partial charge on any atom is -0.465 e. The van der Waals surface area contributed by atoms with E-state index in [1.807, 2.05) is 29.6 Å². The molecule has 110 valence electrons. The maximum absolute atomic E-state index is 11.0. The number of aromatic nitrogens is 1. The van der Waals surface area contributed by atoms with Gasteiger partial charge in [-0.2, -0.15) is 0 Å². The number of rotatable bonds is 5. The molecule has 0 radical (unpaired) electrons. The second-order valence-electron chi connectivity index (χ2n) is 4.40. The Bertz CT molecular complexity index is 637. The predicted octanol–water partition coefficient (Wildman–Crippen LogP) is 2.58. The molecule has 0 aliphatic heterocycles. The summed E-state index contributed by atoms with van der Waals surface area (Å²) in [4.78, 5) is 25.7. The first-order valence-electron chi connectivity index (χ1n) is 6.34. The average molecular weight is 305 g/mol. The highest BCUT2D eigenvalue weighted by atomic mass is 32.1. The molecular formula is C14H15N3O3S. The Labute approximate surface area is 125 Å². The molecule has 0 saturated carbocycles. The zero-order chi connectivity index (χ0) is 15.2. The van der Waals surface area contributed by atoms with Crippen LogP contribution in [-0.2, 0) is 11.2 Å². The molecule has 1 aromatic carbocycles. The van der Waals surface area contributed by atoms with E-state index in [0.29, 0.717) is 18.1 Å². The van der Waals surface area contributed by atoms with Crippen molar-refractivity contribution in [2.24, 2.45) is 0 Å². The zero-order valence-electron chi connectivity index (χ0n) is 11.4. The number of amides is 2. The van der Waals surface area contributed by atoms with Crippen LogP contribution in [0.15, 0.2) is 29.6 Å². The van der Waals surface area contributed by atoms with E-state index < -0.39 is 6.09 Å². The van der Waals surface area contributed by atoms with E-state index in [4.69, 9.17) is 5.11 Å². The minimum atomic E-state index is -1.01. The fourth-order valence-corrected chi connectivity index (χ4v) is 2.54. The summed E-state index contributed by atoms with van der Waals surface area (Å²) in [5, 5.41) is 15.9. The molecule has 2 rings (SSSR count). The average Bonchev–Trinajstić information content (AvgIpc) is 2.87. The molecule has 2 aromatic rings. The van der Waals surface area contributed by atoms with Crippen LogP contribution < -0.4 is 10.6 Å². The third-order valence-corrected chi connectivity index (χ3v) is 3.48. The van der Waals surface area contributed by atoms with Gasteiger partial charge < -0.3 is 15.7 Å². The van der Waals surface area contributed by atoms with E-state index in [0.717, 1.165) is 16.8 Å². The van der Waals surface area contributed by atoms with Crippen molar-refractivity contribution in [1.82, 2.24) is 10.3 Å². The van der Waals surface area contributed by atoms with E-state index in [9.17, 15) is 9.59 Å². The first-order valence-corrected chi connectivity index (χ1v) is 7.22. The Kier molecular flexibility index (Phi) is 4.89. The number of anilines is 1. The number of carbonyl (C=O) groups is 2. The summed E-state index contributed by atoms with van der Waals surface area (Å²) >= 11 is 1.38. The molecule has 6 nitrogen and oxygen atoms in total. The summed E-state index contributed by atoms with van der Waals surface area (Å²) in [5.41, 5.74) is 2.81. The van der Waals surface area contributed by atoms with Crippen LogP contribution in [0.25, 0.3) is 11.3 Å². The fourth-order valence-electron chi connectivity index (χ4n) is 1.77. The van der Waals surface area contributed by atoms with Gasteiger partial charge in [0.25, 0.3) is 0 Å². The van der Waals surface area contributed by atoms with E-state index in [1.165, 1.54) is 18.3 Å². The van der Waals surface area contributed by atoms with Crippen LogP contribution in [0.1, 0.15) is 12.5 Å². The van der Waals surface area contributed by atoms with Gasteiger partial charge in [-0.15, -0.1) is 11.3 Å². The summed E-state index contributed by atoms with van der Waals surface area (Å²) < 4.78 is 0. The molecule has 3 N–H and O–H groups in total. The van der Waals surface area contributed by atoms with Crippen molar-refractivity contribution in [2.75, 3.05) is 11.9 Å². The largest absolute Gasteiger partial charge is 0.465 e. The molecule has 7 heteroatoms. The fraction of sp³-hybridized carbons (Fsp3) is 0.214. The maximum Gasteiger partial charge on any atom is 0.404 e. The number of nitrogens with one attached hydrogen (secondary N) is 2.